The fraction of sp³-hybridized carbons (Fsp3) is 0.909. The number of carbonyl (C=O) groups is 1. The van der Waals surface area contributed by atoms with Crippen LogP contribution in [0, 0.1) is 5.92 Å². The Hall–Kier alpha value is -0.510. The Kier molecular flexibility index (Phi) is 3.05. The Morgan fingerprint density at radius 1 is 1.33 bits per heavy atom. The van der Waals surface area contributed by atoms with Crippen molar-refractivity contribution < 1.29 is 13.6 Å². The highest BCUT2D eigenvalue weighted by atomic mass is 19.3. The number of halogens is 2. The van der Waals surface area contributed by atoms with Gasteiger partial charge in [-0.1, -0.05) is 0 Å². The van der Waals surface area contributed by atoms with Crippen molar-refractivity contribution in [2.75, 3.05) is 19.6 Å². The lowest BCUT2D eigenvalue weighted by Gasteiger charge is -2.28. The second-order valence-electron chi connectivity index (χ2n) is 4.80. The summed E-state index contributed by atoms with van der Waals surface area (Å²) in [4.78, 5) is 13.2. The van der Waals surface area contributed by atoms with Crippen molar-refractivity contribution in [2.24, 2.45) is 5.92 Å². The molecule has 0 N–H and O–H groups in total. The van der Waals surface area contributed by atoms with Crippen molar-refractivity contribution in [3.63, 3.8) is 0 Å². The largest absolute Gasteiger partial charge is 0.302 e. The van der Waals surface area contributed by atoms with Crippen LogP contribution in [-0.2, 0) is 4.79 Å². The van der Waals surface area contributed by atoms with E-state index in [-0.39, 0.29) is 18.8 Å². The minimum Gasteiger partial charge on any atom is -0.302 e. The van der Waals surface area contributed by atoms with Crippen LogP contribution in [0.15, 0.2) is 0 Å². The van der Waals surface area contributed by atoms with Gasteiger partial charge in [0.1, 0.15) is 5.78 Å². The predicted molar refractivity (Wildman–Crippen MR) is 53.0 cm³/mol. The zero-order valence-electron chi connectivity index (χ0n) is 8.85. The third-order valence-electron chi connectivity index (χ3n) is 3.44. The zero-order chi connectivity index (χ0) is 10.9. The number of Topliss-reactive ketones (excluding diaryl/α,β-unsaturated/α-hetero) is 1. The molecule has 2 fully saturated rings. The first-order chi connectivity index (χ1) is 7.05. The van der Waals surface area contributed by atoms with E-state index in [0.29, 0.717) is 25.0 Å². The molecule has 86 valence electrons. The summed E-state index contributed by atoms with van der Waals surface area (Å²) in [5, 5.41) is 0. The fourth-order valence-electron chi connectivity index (χ4n) is 2.55. The quantitative estimate of drug-likeness (QED) is 0.706. The van der Waals surface area contributed by atoms with Gasteiger partial charge in [-0.25, -0.2) is 8.78 Å². The van der Waals surface area contributed by atoms with Crippen molar-refractivity contribution >= 4 is 5.78 Å². The van der Waals surface area contributed by atoms with Crippen LogP contribution in [0.3, 0.4) is 0 Å². The number of hydrogen-bond donors (Lipinski definition) is 0. The Bertz CT molecular complexity index is 245. The first kappa shape index (κ1) is 11.0. The summed E-state index contributed by atoms with van der Waals surface area (Å²) < 4.78 is 25.9. The molecule has 1 saturated heterocycles. The van der Waals surface area contributed by atoms with Crippen LogP contribution in [0.1, 0.15) is 32.1 Å². The van der Waals surface area contributed by atoms with Crippen molar-refractivity contribution in [1.29, 1.82) is 0 Å². The average Bonchev–Trinajstić information content (AvgIpc) is 2.50. The number of hydrogen-bond acceptors (Lipinski definition) is 2. The molecule has 1 aliphatic heterocycles. The van der Waals surface area contributed by atoms with Crippen LogP contribution in [0.4, 0.5) is 8.78 Å². The molecule has 1 saturated carbocycles. The van der Waals surface area contributed by atoms with Crippen LogP contribution < -0.4 is 0 Å². The van der Waals surface area contributed by atoms with E-state index in [0.717, 1.165) is 19.6 Å². The number of carbonyl (C=O) groups excluding carboxylic acids is 1. The topological polar surface area (TPSA) is 20.3 Å². The maximum Gasteiger partial charge on any atom is 0.248 e. The first-order valence-corrected chi connectivity index (χ1v) is 5.67. The fourth-order valence-corrected chi connectivity index (χ4v) is 2.55. The minimum atomic E-state index is -2.43. The second-order valence-corrected chi connectivity index (χ2v) is 4.80. The highest BCUT2D eigenvalue weighted by Crippen LogP contribution is 2.39. The van der Waals surface area contributed by atoms with Gasteiger partial charge in [0.15, 0.2) is 0 Å². The highest BCUT2D eigenvalue weighted by molar-refractivity contribution is 5.79. The van der Waals surface area contributed by atoms with E-state index in [1.54, 1.807) is 0 Å². The van der Waals surface area contributed by atoms with Crippen molar-refractivity contribution in [2.45, 2.75) is 38.0 Å². The molecule has 15 heavy (non-hydrogen) atoms. The van der Waals surface area contributed by atoms with E-state index in [2.05, 4.69) is 4.90 Å². The van der Waals surface area contributed by atoms with E-state index in [1.165, 1.54) is 0 Å². The summed E-state index contributed by atoms with van der Waals surface area (Å²) >= 11 is 0. The SMILES string of the molecule is O=C1CCN(CC2CCC(F)(F)C2)CC1. The lowest BCUT2D eigenvalue weighted by atomic mass is 10.0. The third-order valence-corrected chi connectivity index (χ3v) is 3.44. The van der Waals surface area contributed by atoms with E-state index in [4.69, 9.17) is 0 Å². The normalized spacial score (nSPS) is 32.1. The number of alkyl halides is 2. The maximum atomic E-state index is 12.9. The summed E-state index contributed by atoms with van der Waals surface area (Å²) in [6, 6.07) is 0. The zero-order valence-corrected chi connectivity index (χ0v) is 8.85. The molecule has 1 unspecified atom stereocenters. The Morgan fingerprint density at radius 3 is 2.53 bits per heavy atom. The highest BCUT2D eigenvalue weighted by Gasteiger charge is 2.39. The molecular weight excluding hydrogens is 200 g/mol. The van der Waals surface area contributed by atoms with Gasteiger partial charge >= 0.3 is 0 Å². The molecule has 1 heterocycles. The summed E-state index contributed by atoms with van der Waals surface area (Å²) in [5.41, 5.74) is 0. The van der Waals surface area contributed by atoms with Crippen molar-refractivity contribution in [3.05, 3.63) is 0 Å². The van der Waals surface area contributed by atoms with Gasteiger partial charge in [-0.05, 0) is 12.3 Å². The number of ketones is 1. The Morgan fingerprint density at radius 2 is 2.00 bits per heavy atom. The molecule has 0 bridgehead atoms. The van der Waals surface area contributed by atoms with Gasteiger partial charge in [0, 0.05) is 45.3 Å². The van der Waals surface area contributed by atoms with E-state index >= 15 is 0 Å². The number of piperidine rings is 1. The molecule has 1 aliphatic carbocycles. The van der Waals surface area contributed by atoms with E-state index in [9.17, 15) is 13.6 Å². The van der Waals surface area contributed by atoms with Crippen LogP contribution >= 0.6 is 0 Å². The van der Waals surface area contributed by atoms with E-state index < -0.39 is 5.92 Å². The Balaban J connectivity index is 1.76. The van der Waals surface area contributed by atoms with Gasteiger partial charge in [-0.2, -0.15) is 0 Å². The summed E-state index contributed by atoms with van der Waals surface area (Å²) in [6.45, 7) is 2.28. The second kappa shape index (κ2) is 4.16. The summed E-state index contributed by atoms with van der Waals surface area (Å²) in [7, 11) is 0. The van der Waals surface area contributed by atoms with Crippen LogP contribution in [-0.4, -0.2) is 36.2 Å². The lowest BCUT2D eigenvalue weighted by Crippen LogP contribution is -2.37. The van der Waals surface area contributed by atoms with Gasteiger partial charge in [0.2, 0.25) is 5.92 Å². The molecule has 0 spiro atoms. The van der Waals surface area contributed by atoms with Gasteiger partial charge in [-0.3, -0.25) is 4.79 Å². The van der Waals surface area contributed by atoms with Crippen LogP contribution in [0.2, 0.25) is 0 Å². The number of nitrogens with zero attached hydrogens (tertiary/aromatic N) is 1. The number of rotatable bonds is 2. The minimum absolute atomic E-state index is 0.0391. The van der Waals surface area contributed by atoms with Crippen molar-refractivity contribution in [1.82, 2.24) is 4.90 Å². The molecule has 2 aliphatic rings. The molecule has 0 radical (unpaired) electrons. The molecule has 0 aromatic carbocycles. The predicted octanol–water partition coefficient (Wildman–Crippen LogP) is 2.09. The monoisotopic (exact) mass is 217 g/mol. The third kappa shape index (κ3) is 2.97. The molecular formula is C11H17F2NO. The van der Waals surface area contributed by atoms with Gasteiger partial charge < -0.3 is 4.90 Å². The molecule has 2 rings (SSSR count). The molecule has 4 heteroatoms. The average molecular weight is 217 g/mol. The molecule has 0 aromatic rings. The van der Waals surface area contributed by atoms with Gasteiger partial charge in [0.25, 0.3) is 0 Å². The Labute approximate surface area is 88.6 Å². The molecule has 0 amide bonds. The first-order valence-electron chi connectivity index (χ1n) is 5.67. The van der Waals surface area contributed by atoms with Gasteiger partial charge in [-0.15, -0.1) is 0 Å². The summed E-state index contributed by atoms with van der Waals surface area (Å²) in [6.07, 6.45) is 1.92. The van der Waals surface area contributed by atoms with Gasteiger partial charge in [0.05, 0.1) is 0 Å². The smallest absolute Gasteiger partial charge is 0.248 e. The lowest BCUT2D eigenvalue weighted by molar-refractivity contribution is -0.121. The maximum absolute atomic E-state index is 12.9. The number of likely N-dealkylation sites (tertiary alicyclic amines) is 1. The molecule has 0 aromatic heterocycles. The van der Waals surface area contributed by atoms with E-state index in [1.807, 2.05) is 0 Å². The summed E-state index contributed by atoms with van der Waals surface area (Å²) in [5.74, 6) is -1.99. The van der Waals surface area contributed by atoms with Crippen LogP contribution in [0.25, 0.3) is 0 Å². The molecule has 1 atom stereocenters. The van der Waals surface area contributed by atoms with Crippen molar-refractivity contribution in [3.8, 4) is 0 Å². The van der Waals surface area contributed by atoms with Crippen LogP contribution in [0.5, 0.6) is 0 Å². The molecule has 2 nitrogen and oxygen atoms in total. The standard InChI is InChI=1S/C11H17F2NO/c12-11(13)4-1-9(7-11)8-14-5-2-10(15)3-6-14/h9H,1-8H2.